The van der Waals surface area contributed by atoms with Crippen LogP contribution in [0.25, 0.3) is 0 Å². The molecule has 1 heterocycles. The van der Waals surface area contributed by atoms with Gasteiger partial charge in [-0.2, -0.15) is 0 Å². The van der Waals surface area contributed by atoms with Crippen LogP contribution >= 0.6 is 0 Å². The van der Waals surface area contributed by atoms with Crippen LogP contribution in [-0.2, 0) is 4.74 Å². The van der Waals surface area contributed by atoms with Crippen LogP contribution in [0.2, 0.25) is 0 Å². The lowest BCUT2D eigenvalue weighted by atomic mass is 9.77. The van der Waals surface area contributed by atoms with E-state index in [0.717, 1.165) is 19.3 Å². The van der Waals surface area contributed by atoms with Gasteiger partial charge in [0, 0.05) is 5.54 Å². The highest BCUT2D eigenvalue weighted by Crippen LogP contribution is 2.32. The van der Waals surface area contributed by atoms with E-state index in [-0.39, 0.29) is 18.2 Å². The summed E-state index contributed by atoms with van der Waals surface area (Å²) in [5.41, 5.74) is -0.126. The van der Waals surface area contributed by atoms with Gasteiger partial charge in [-0.3, -0.25) is 0 Å². The zero-order chi connectivity index (χ0) is 9.31. The van der Waals surface area contributed by atoms with Crippen molar-refractivity contribution in [2.24, 2.45) is 0 Å². The zero-order valence-electron chi connectivity index (χ0n) is 7.70. The number of hydrogen-bond acceptors (Lipinski definition) is 4. The molecule has 3 N–H and O–H groups in total. The fourth-order valence-corrected chi connectivity index (χ4v) is 2.03. The van der Waals surface area contributed by atoms with Crippen molar-refractivity contribution in [3.63, 3.8) is 0 Å². The Hall–Kier alpha value is -0.160. The van der Waals surface area contributed by atoms with Crippen molar-refractivity contribution >= 4 is 0 Å². The quantitative estimate of drug-likeness (QED) is 0.544. The lowest BCUT2D eigenvalue weighted by Gasteiger charge is -2.43. The zero-order valence-corrected chi connectivity index (χ0v) is 7.70. The molecule has 13 heavy (non-hydrogen) atoms. The predicted octanol–water partition coefficient (Wildman–Crippen LogP) is -0.749. The van der Waals surface area contributed by atoms with E-state index in [0.29, 0.717) is 13.2 Å². The first-order chi connectivity index (χ1) is 6.26. The Kier molecular flexibility index (Phi) is 2.55. The number of nitrogens with one attached hydrogen (secondary N) is 1. The Balaban J connectivity index is 1.88. The molecule has 0 bridgehead atoms. The van der Waals surface area contributed by atoms with Gasteiger partial charge < -0.3 is 20.3 Å². The van der Waals surface area contributed by atoms with E-state index < -0.39 is 6.10 Å². The van der Waals surface area contributed by atoms with Crippen molar-refractivity contribution in [2.75, 3.05) is 19.8 Å². The van der Waals surface area contributed by atoms with Crippen molar-refractivity contribution < 1.29 is 14.9 Å². The predicted molar refractivity (Wildman–Crippen MR) is 47.4 cm³/mol. The second kappa shape index (κ2) is 3.53. The summed E-state index contributed by atoms with van der Waals surface area (Å²) < 4.78 is 5.13. The summed E-state index contributed by atoms with van der Waals surface area (Å²) in [5, 5.41) is 22.0. The SMILES string of the molecule is OCC1(NC2COCC2O)CCC1. The van der Waals surface area contributed by atoms with Gasteiger partial charge in [0.15, 0.2) is 0 Å². The maximum absolute atomic E-state index is 9.50. The molecule has 2 rings (SSSR count). The largest absolute Gasteiger partial charge is 0.394 e. The third kappa shape index (κ3) is 1.72. The Morgan fingerprint density at radius 1 is 1.38 bits per heavy atom. The second-order valence-corrected chi connectivity index (χ2v) is 4.15. The van der Waals surface area contributed by atoms with Crippen molar-refractivity contribution in [3.8, 4) is 0 Å². The molecule has 1 saturated heterocycles. The molecule has 1 saturated carbocycles. The third-order valence-corrected chi connectivity index (χ3v) is 3.16. The number of hydrogen-bond donors (Lipinski definition) is 3. The van der Waals surface area contributed by atoms with Crippen molar-refractivity contribution in [3.05, 3.63) is 0 Å². The van der Waals surface area contributed by atoms with E-state index in [1.54, 1.807) is 0 Å². The average molecular weight is 187 g/mol. The van der Waals surface area contributed by atoms with E-state index in [1.807, 2.05) is 0 Å². The minimum Gasteiger partial charge on any atom is -0.394 e. The van der Waals surface area contributed by atoms with Gasteiger partial charge in [0.05, 0.1) is 32.0 Å². The normalized spacial score (nSPS) is 37.4. The van der Waals surface area contributed by atoms with E-state index in [2.05, 4.69) is 5.32 Å². The molecule has 1 aliphatic heterocycles. The standard InChI is InChI=1S/C9H17NO3/c11-6-9(2-1-3-9)10-7-4-13-5-8(7)12/h7-8,10-12H,1-6H2. The lowest BCUT2D eigenvalue weighted by Crippen LogP contribution is -2.60. The van der Waals surface area contributed by atoms with Crippen LogP contribution in [0.1, 0.15) is 19.3 Å². The molecule has 2 unspecified atom stereocenters. The van der Waals surface area contributed by atoms with Gasteiger partial charge in [-0.05, 0) is 19.3 Å². The Labute approximate surface area is 77.9 Å². The molecule has 76 valence electrons. The van der Waals surface area contributed by atoms with Gasteiger partial charge in [0.2, 0.25) is 0 Å². The minimum atomic E-state index is -0.413. The van der Waals surface area contributed by atoms with Crippen molar-refractivity contribution in [1.29, 1.82) is 0 Å². The maximum Gasteiger partial charge on any atom is 0.0948 e. The van der Waals surface area contributed by atoms with E-state index in [1.165, 1.54) is 0 Å². The highest BCUT2D eigenvalue weighted by Gasteiger charge is 2.40. The molecule has 0 aromatic carbocycles. The van der Waals surface area contributed by atoms with E-state index in [4.69, 9.17) is 4.74 Å². The number of aliphatic hydroxyl groups excluding tert-OH is 2. The van der Waals surface area contributed by atoms with Crippen molar-refractivity contribution in [2.45, 2.75) is 36.9 Å². The first-order valence-corrected chi connectivity index (χ1v) is 4.90. The first-order valence-electron chi connectivity index (χ1n) is 4.90. The molecule has 4 heteroatoms. The first kappa shape index (κ1) is 9.40. The molecular formula is C9H17NO3. The molecule has 2 aliphatic rings. The van der Waals surface area contributed by atoms with Crippen LogP contribution in [0.4, 0.5) is 0 Å². The van der Waals surface area contributed by atoms with E-state index in [9.17, 15) is 10.2 Å². The van der Waals surface area contributed by atoms with Crippen molar-refractivity contribution in [1.82, 2.24) is 5.32 Å². The molecule has 4 nitrogen and oxygen atoms in total. The summed E-state index contributed by atoms with van der Waals surface area (Å²) in [6.07, 6.45) is 2.76. The molecule has 0 amide bonds. The average Bonchev–Trinajstić information content (AvgIpc) is 2.44. The summed E-state index contributed by atoms with van der Waals surface area (Å²) >= 11 is 0. The highest BCUT2D eigenvalue weighted by atomic mass is 16.5. The molecular weight excluding hydrogens is 170 g/mol. The van der Waals surface area contributed by atoms with Gasteiger partial charge in [-0.15, -0.1) is 0 Å². The fraction of sp³-hybridized carbons (Fsp3) is 1.00. The molecule has 0 radical (unpaired) electrons. The third-order valence-electron chi connectivity index (χ3n) is 3.16. The molecule has 2 fully saturated rings. The summed E-state index contributed by atoms with van der Waals surface area (Å²) in [4.78, 5) is 0. The van der Waals surface area contributed by atoms with Crippen LogP contribution in [0.5, 0.6) is 0 Å². The van der Waals surface area contributed by atoms with Crippen LogP contribution in [0, 0.1) is 0 Å². The Bertz CT molecular complexity index is 176. The van der Waals surface area contributed by atoms with Gasteiger partial charge in [-0.1, -0.05) is 0 Å². The van der Waals surface area contributed by atoms with Gasteiger partial charge >= 0.3 is 0 Å². The number of aliphatic hydroxyl groups is 2. The smallest absolute Gasteiger partial charge is 0.0948 e. The molecule has 1 aliphatic carbocycles. The summed E-state index contributed by atoms with van der Waals surface area (Å²) in [5.74, 6) is 0. The second-order valence-electron chi connectivity index (χ2n) is 4.15. The van der Waals surface area contributed by atoms with Gasteiger partial charge in [-0.25, -0.2) is 0 Å². The topological polar surface area (TPSA) is 61.7 Å². The molecule has 0 aromatic rings. The summed E-state index contributed by atoms with van der Waals surface area (Å²) in [7, 11) is 0. The summed E-state index contributed by atoms with van der Waals surface area (Å²) in [6.45, 7) is 1.14. The lowest BCUT2D eigenvalue weighted by molar-refractivity contribution is 0.0553. The molecule has 0 aromatic heterocycles. The highest BCUT2D eigenvalue weighted by molar-refractivity contribution is 4.99. The van der Waals surface area contributed by atoms with Gasteiger partial charge in [0.25, 0.3) is 0 Å². The van der Waals surface area contributed by atoms with Gasteiger partial charge in [0.1, 0.15) is 0 Å². The Morgan fingerprint density at radius 3 is 2.54 bits per heavy atom. The fourth-order valence-electron chi connectivity index (χ4n) is 2.03. The van der Waals surface area contributed by atoms with Crippen LogP contribution in [0.3, 0.4) is 0 Å². The van der Waals surface area contributed by atoms with Crippen LogP contribution in [0.15, 0.2) is 0 Å². The maximum atomic E-state index is 9.50. The minimum absolute atomic E-state index is 0.00690. The monoisotopic (exact) mass is 187 g/mol. The van der Waals surface area contributed by atoms with Crippen LogP contribution < -0.4 is 5.32 Å². The van der Waals surface area contributed by atoms with Crippen LogP contribution in [-0.4, -0.2) is 47.7 Å². The number of rotatable bonds is 3. The van der Waals surface area contributed by atoms with E-state index >= 15 is 0 Å². The molecule has 2 atom stereocenters. The molecule has 0 spiro atoms. The number of ether oxygens (including phenoxy) is 1. The summed E-state index contributed by atoms with van der Waals surface area (Å²) in [6, 6.07) is 0.00690. The Morgan fingerprint density at radius 2 is 2.15 bits per heavy atom.